The number of rotatable bonds is 3. The van der Waals surface area contributed by atoms with E-state index < -0.39 is 0 Å². The number of hydrogen-bond donors (Lipinski definition) is 1. The third-order valence-corrected chi connectivity index (χ3v) is 3.20. The first-order chi connectivity index (χ1) is 7.66. The van der Waals surface area contributed by atoms with Crippen molar-refractivity contribution in [1.29, 1.82) is 0 Å². The summed E-state index contributed by atoms with van der Waals surface area (Å²) in [5.41, 5.74) is 2.15. The minimum absolute atomic E-state index is 0.720. The fraction of sp³-hybridized carbons (Fsp3) is 0.182. The van der Waals surface area contributed by atoms with Gasteiger partial charge in [-0.1, -0.05) is 11.6 Å². The largest absolute Gasteiger partial charge is 0.378 e. The molecule has 2 aromatic rings. The molecule has 0 amide bonds. The van der Waals surface area contributed by atoms with Gasteiger partial charge in [-0.3, -0.25) is 4.68 Å². The van der Waals surface area contributed by atoms with Gasteiger partial charge in [0.15, 0.2) is 0 Å². The average Bonchev–Trinajstić information content (AvgIpc) is 2.63. The van der Waals surface area contributed by atoms with Crippen LogP contribution in [0.3, 0.4) is 0 Å². The van der Waals surface area contributed by atoms with E-state index in [1.165, 1.54) is 0 Å². The highest BCUT2D eigenvalue weighted by atomic mass is 79.9. The number of halogens is 2. The highest BCUT2D eigenvalue weighted by Gasteiger charge is 2.02. The van der Waals surface area contributed by atoms with Crippen molar-refractivity contribution in [3.05, 3.63) is 45.7 Å². The second kappa shape index (κ2) is 4.89. The summed E-state index contributed by atoms with van der Waals surface area (Å²) in [6.45, 7) is 0.733. The summed E-state index contributed by atoms with van der Waals surface area (Å²) in [5, 5.41) is 8.15. The predicted molar refractivity (Wildman–Crippen MR) is 69.7 cm³/mol. The van der Waals surface area contributed by atoms with Gasteiger partial charge in [-0.2, -0.15) is 5.10 Å². The minimum Gasteiger partial charge on any atom is -0.378 e. The Kier molecular flexibility index (Phi) is 3.51. The Balaban J connectivity index is 2.08. The monoisotopic (exact) mass is 299 g/mol. The molecule has 1 N–H and O–H groups in total. The van der Waals surface area contributed by atoms with E-state index in [0.717, 1.165) is 27.4 Å². The SMILES string of the molecule is Cn1nccc1CNc1ccc(Cl)cc1Br. The van der Waals surface area contributed by atoms with E-state index in [9.17, 15) is 0 Å². The van der Waals surface area contributed by atoms with Crippen LogP contribution < -0.4 is 5.32 Å². The van der Waals surface area contributed by atoms with Crippen molar-refractivity contribution in [3.8, 4) is 0 Å². The van der Waals surface area contributed by atoms with Crippen LogP contribution in [0.2, 0.25) is 5.02 Å². The van der Waals surface area contributed by atoms with Crippen molar-refractivity contribution in [2.45, 2.75) is 6.54 Å². The predicted octanol–water partition coefficient (Wildman–Crippen LogP) is 3.45. The molecule has 0 bridgehead atoms. The molecule has 0 radical (unpaired) electrons. The molecule has 1 aromatic carbocycles. The molecule has 0 aliphatic rings. The van der Waals surface area contributed by atoms with Crippen LogP contribution in [0.5, 0.6) is 0 Å². The molecule has 16 heavy (non-hydrogen) atoms. The van der Waals surface area contributed by atoms with Gasteiger partial charge < -0.3 is 5.32 Å². The lowest BCUT2D eigenvalue weighted by atomic mass is 10.3. The lowest BCUT2D eigenvalue weighted by Crippen LogP contribution is -2.05. The number of aryl methyl sites for hydroxylation is 1. The van der Waals surface area contributed by atoms with E-state index in [2.05, 4.69) is 26.3 Å². The topological polar surface area (TPSA) is 29.9 Å². The fourth-order valence-corrected chi connectivity index (χ4v) is 2.22. The lowest BCUT2D eigenvalue weighted by molar-refractivity contribution is 0.720. The summed E-state index contributed by atoms with van der Waals surface area (Å²) in [4.78, 5) is 0. The standard InChI is InChI=1S/C11H11BrClN3/c1-16-9(4-5-15-16)7-14-11-3-2-8(13)6-10(11)12/h2-6,14H,7H2,1H3. The van der Waals surface area contributed by atoms with Gasteiger partial charge in [0.25, 0.3) is 0 Å². The Hall–Kier alpha value is -1.000. The van der Waals surface area contributed by atoms with Gasteiger partial charge in [0, 0.05) is 28.4 Å². The number of nitrogens with zero attached hydrogens (tertiary/aromatic N) is 2. The van der Waals surface area contributed by atoms with Crippen LogP contribution in [0.1, 0.15) is 5.69 Å². The van der Waals surface area contributed by atoms with E-state index in [-0.39, 0.29) is 0 Å². The molecule has 1 heterocycles. The number of anilines is 1. The first-order valence-electron chi connectivity index (χ1n) is 4.82. The number of hydrogen-bond acceptors (Lipinski definition) is 2. The normalized spacial score (nSPS) is 10.4. The maximum Gasteiger partial charge on any atom is 0.0571 e. The van der Waals surface area contributed by atoms with Crippen molar-refractivity contribution in [2.75, 3.05) is 5.32 Å². The molecule has 1 aromatic heterocycles. The number of aromatic nitrogens is 2. The summed E-state index contributed by atoms with van der Waals surface area (Å²) in [5.74, 6) is 0. The average molecular weight is 301 g/mol. The summed E-state index contributed by atoms with van der Waals surface area (Å²) in [6, 6.07) is 7.66. The molecule has 0 saturated heterocycles. The van der Waals surface area contributed by atoms with Gasteiger partial charge in [-0.05, 0) is 40.2 Å². The Morgan fingerprint density at radius 3 is 2.88 bits per heavy atom. The third-order valence-electron chi connectivity index (χ3n) is 2.31. The molecule has 0 aliphatic carbocycles. The third kappa shape index (κ3) is 2.57. The molecular weight excluding hydrogens is 289 g/mol. The maximum atomic E-state index is 5.87. The molecule has 5 heteroatoms. The maximum absolute atomic E-state index is 5.87. The Morgan fingerprint density at radius 2 is 2.25 bits per heavy atom. The molecule has 0 aliphatic heterocycles. The second-order valence-electron chi connectivity index (χ2n) is 3.42. The minimum atomic E-state index is 0.720. The molecule has 0 fully saturated rings. The summed E-state index contributed by atoms with van der Waals surface area (Å²) in [7, 11) is 1.92. The van der Waals surface area contributed by atoms with Crippen molar-refractivity contribution < 1.29 is 0 Å². The first kappa shape index (κ1) is 11.5. The van der Waals surface area contributed by atoms with Crippen LogP contribution in [0.4, 0.5) is 5.69 Å². The molecule has 0 saturated carbocycles. The molecular formula is C11H11BrClN3. The van der Waals surface area contributed by atoms with Crippen LogP contribution in [-0.2, 0) is 13.6 Å². The molecule has 0 atom stereocenters. The van der Waals surface area contributed by atoms with Crippen molar-refractivity contribution >= 4 is 33.2 Å². The van der Waals surface area contributed by atoms with E-state index in [1.54, 1.807) is 6.20 Å². The van der Waals surface area contributed by atoms with E-state index in [4.69, 9.17) is 11.6 Å². The highest BCUT2D eigenvalue weighted by molar-refractivity contribution is 9.10. The Labute approximate surface area is 108 Å². The Morgan fingerprint density at radius 1 is 1.44 bits per heavy atom. The zero-order chi connectivity index (χ0) is 11.5. The van der Waals surface area contributed by atoms with Gasteiger partial charge in [0.2, 0.25) is 0 Å². The summed E-state index contributed by atoms with van der Waals surface area (Å²) in [6.07, 6.45) is 1.79. The molecule has 3 nitrogen and oxygen atoms in total. The Bertz CT molecular complexity index is 496. The highest BCUT2D eigenvalue weighted by Crippen LogP contribution is 2.26. The van der Waals surface area contributed by atoms with Crippen LogP contribution in [0, 0.1) is 0 Å². The first-order valence-corrected chi connectivity index (χ1v) is 6.00. The van der Waals surface area contributed by atoms with Gasteiger partial charge in [-0.25, -0.2) is 0 Å². The van der Waals surface area contributed by atoms with Crippen molar-refractivity contribution in [3.63, 3.8) is 0 Å². The van der Waals surface area contributed by atoms with Crippen LogP contribution in [-0.4, -0.2) is 9.78 Å². The van der Waals surface area contributed by atoms with Crippen LogP contribution >= 0.6 is 27.5 Å². The zero-order valence-electron chi connectivity index (χ0n) is 8.74. The molecule has 84 valence electrons. The number of nitrogens with one attached hydrogen (secondary N) is 1. The second-order valence-corrected chi connectivity index (χ2v) is 4.71. The smallest absolute Gasteiger partial charge is 0.0571 e. The quantitative estimate of drug-likeness (QED) is 0.941. The van der Waals surface area contributed by atoms with Crippen LogP contribution in [0.25, 0.3) is 0 Å². The van der Waals surface area contributed by atoms with Gasteiger partial charge in [0.1, 0.15) is 0 Å². The van der Waals surface area contributed by atoms with Gasteiger partial charge >= 0.3 is 0 Å². The van der Waals surface area contributed by atoms with Gasteiger partial charge in [0.05, 0.1) is 12.2 Å². The summed E-state index contributed by atoms with van der Waals surface area (Å²) >= 11 is 9.33. The van der Waals surface area contributed by atoms with E-state index in [1.807, 2.05) is 36.0 Å². The lowest BCUT2D eigenvalue weighted by Gasteiger charge is -2.08. The molecule has 0 spiro atoms. The van der Waals surface area contributed by atoms with Crippen molar-refractivity contribution in [2.24, 2.45) is 7.05 Å². The van der Waals surface area contributed by atoms with Gasteiger partial charge in [-0.15, -0.1) is 0 Å². The van der Waals surface area contributed by atoms with Crippen LogP contribution in [0.15, 0.2) is 34.9 Å². The molecule has 2 rings (SSSR count). The molecule has 0 unspecified atom stereocenters. The van der Waals surface area contributed by atoms with E-state index >= 15 is 0 Å². The fourth-order valence-electron chi connectivity index (χ4n) is 1.39. The zero-order valence-corrected chi connectivity index (χ0v) is 11.1. The number of benzene rings is 1. The summed E-state index contributed by atoms with van der Waals surface area (Å²) < 4.78 is 2.80. The van der Waals surface area contributed by atoms with E-state index in [0.29, 0.717) is 0 Å². The van der Waals surface area contributed by atoms with Crippen molar-refractivity contribution in [1.82, 2.24) is 9.78 Å².